The predicted octanol–water partition coefficient (Wildman–Crippen LogP) is 15.4. The van der Waals surface area contributed by atoms with Gasteiger partial charge in [0.1, 0.15) is 24.9 Å². The average molecular weight is 1210 g/mol. The third-order valence-electron chi connectivity index (χ3n) is 13.0. The molecule has 0 fully saturated rings. The quantitative estimate of drug-likeness (QED) is 0.0226. The molecule has 3 heterocycles. The van der Waals surface area contributed by atoms with E-state index in [1.807, 2.05) is 138 Å². The molecule has 7 rings (SSSR count). The molecule has 7 aromatic rings. The number of benzene rings is 4. The number of para-hydroxylation sites is 4. The van der Waals surface area contributed by atoms with Gasteiger partial charge in [0.25, 0.3) is 0 Å². The second kappa shape index (κ2) is 32.8. The number of aromatic amines is 3. The molecular formula is C66H97BrN8O6Si. The van der Waals surface area contributed by atoms with Crippen molar-refractivity contribution in [3.8, 4) is 11.8 Å². The zero-order valence-electron chi connectivity index (χ0n) is 52.1. The maximum Gasteiger partial charge on any atom is 0.407 e. The Bertz CT molecular complexity index is 3070. The zero-order chi connectivity index (χ0) is 61.4. The summed E-state index contributed by atoms with van der Waals surface area (Å²) in [6.45, 7) is 33.5. The van der Waals surface area contributed by atoms with E-state index < -0.39 is 24.9 Å². The third kappa shape index (κ3) is 24.8. The molecule has 14 nitrogen and oxygen atoms in total. The number of halogens is 1. The van der Waals surface area contributed by atoms with Crippen LogP contribution in [0.1, 0.15) is 141 Å². The van der Waals surface area contributed by atoms with E-state index in [1.54, 1.807) is 6.92 Å². The van der Waals surface area contributed by atoms with Crippen LogP contribution in [-0.4, -0.2) is 82.3 Å². The number of rotatable bonds is 14. The van der Waals surface area contributed by atoms with Gasteiger partial charge in [0.05, 0.1) is 0 Å². The van der Waals surface area contributed by atoms with E-state index in [2.05, 4.69) is 141 Å². The largest absolute Gasteiger partial charge is 0.444 e. The van der Waals surface area contributed by atoms with Crippen LogP contribution in [0.3, 0.4) is 0 Å². The van der Waals surface area contributed by atoms with Gasteiger partial charge in [0, 0.05) is 91.7 Å². The maximum atomic E-state index is 12.2. The predicted molar refractivity (Wildman–Crippen MR) is 350 cm³/mol. The van der Waals surface area contributed by atoms with Crippen LogP contribution in [0.4, 0.5) is 20.1 Å². The molecule has 4 atom stereocenters. The molecule has 16 heteroatoms. The number of hydrogen-bond donors (Lipinski definition) is 8. The molecule has 0 saturated heterocycles. The number of anilines is 1. The van der Waals surface area contributed by atoms with Crippen LogP contribution in [0, 0.1) is 11.8 Å². The summed E-state index contributed by atoms with van der Waals surface area (Å²) in [5, 5.41) is 13.8. The summed E-state index contributed by atoms with van der Waals surface area (Å²) < 4.78 is 16.7. The van der Waals surface area contributed by atoms with E-state index in [0.29, 0.717) is 6.42 Å². The van der Waals surface area contributed by atoms with Gasteiger partial charge in [-0.15, -0.1) is 11.8 Å². The Morgan fingerprint density at radius 3 is 1.55 bits per heavy atom. The van der Waals surface area contributed by atoms with Gasteiger partial charge in [-0.05, 0) is 179 Å². The van der Waals surface area contributed by atoms with E-state index in [1.165, 1.54) is 61.8 Å². The van der Waals surface area contributed by atoms with Gasteiger partial charge in [-0.1, -0.05) is 106 Å². The summed E-state index contributed by atoms with van der Waals surface area (Å²) in [6, 6.07) is 38.7. The molecule has 4 aromatic carbocycles. The molecule has 0 unspecified atom stereocenters. The Labute approximate surface area is 499 Å². The van der Waals surface area contributed by atoms with Crippen LogP contribution < -0.4 is 32.7 Å². The smallest absolute Gasteiger partial charge is 0.407 e. The Kier molecular flexibility index (Phi) is 27.9. The number of nitrogen functional groups attached to an aromatic ring is 1. The lowest BCUT2D eigenvalue weighted by molar-refractivity contribution is 0.0496. The number of aromatic nitrogens is 3. The molecule has 0 aliphatic carbocycles. The Morgan fingerprint density at radius 2 is 1.07 bits per heavy atom. The van der Waals surface area contributed by atoms with Gasteiger partial charge in [0.2, 0.25) is 0 Å². The summed E-state index contributed by atoms with van der Waals surface area (Å²) in [6.07, 6.45) is 4.08. The summed E-state index contributed by atoms with van der Waals surface area (Å²) >= 11 is 3.27. The van der Waals surface area contributed by atoms with Gasteiger partial charge in [0.15, 0.2) is 0 Å². The van der Waals surface area contributed by atoms with Crippen molar-refractivity contribution in [1.82, 2.24) is 30.9 Å². The second-order valence-corrected chi connectivity index (χ2v) is 30.0. The number of alkyl carbamates (subject to hydrolysis) is 3. The minimum Gasteiger partial charge on any atom is -0.444 e. The van der Waals surface area contributed by atoms with Crippen LogP contribution in [0.15, 0.2) is 114 Å². The van der Waals surface area contributed by atoms with E-state index in [-0.39, 0.29) is 42.4 Å². The van der Waals surface area contributed by atoms with Crippen molar-refractivity contribution in [2.24, 2.45) is 5.73 Å². The number of hydrogen-bond acceptors (Lipinski definition) is 8. The number of ether oxygens (including phenoxy) is 3. The van der Waals surface area contributed by atoms with Crippen LogP contribution in [-0.2, 0) is 33.5 Å². The minimum absolute atomic E-state index is 0.00933. The van der Waals surface area contributed by atoms with Crippen LogP contribution >= 0.6 is 15.9 Å². The highest BCUT2D eigenvalue weighted by molar-refractivity contribution is 9.10. The number of amides is 3. The van der Waals surface area contributed by atoms with E-state index in [4.69, 9.17) is 25.7 Å². The highest BCUT2D eigenvalue weighted by atomic mass is 79.9. The summed E-state index contributed by atoms with van der Waals surface area (Å²) in [5.74, 6) is 5.67. The Morgan fingerprint density at radius 1 is 0.610 bits per heavy atom. The van der Waals surface area contributed by atoms with Crippen molar-refractivity contribution in [2.75, 3.05) is 5.73 Å². The first kappa shape index (κ1) is 69.6. The summed E-state index contributed by atoms with van der Waals surface area (Å²) in [5.41, 5.74) is 17.9. The molecule has 0 aliphatic heterocycles. The number of H-pyrrole nitrogens is 3. The van der Waals surface area contributed by atoms with Crippen LogP contribution in [0.25, 0.3) is 32.7 Å². The SMILES string of the molecule is CC#CC[C@@H](C)NC(=O)OC(C)(C)C.CC[Si](CC)(CC)c1[nH]c2ccccc2c1C[C@@H](C)NC(=O)OC(C)(C)C.C[C@@H](N)Cc1c[nH]c2ccccc12.C[C@H](Cc1cc2ccccc2[nH]1)NC(=O)OC(C)(C)C.Nc1ccccc1Br. The normalized spacial score (nSPS) is 12.8. The number of carbonyl (C=O) groups is 3. The van der Waals surface area contributed by atoms with E-state index in [9.17, 15) is 14.4 Å². The lowest BCUT2D eigenvalue weighted by atomic mass is 10.1. The summed E-state index contributed by atoms with van der Waals surface area (Å²) in [4.78, 5) is 45.5. The number of nitrogens with one attached hydrogen (secondary N) is 6. The first-order chi connectivity index (χ1) is 38.4. The number of fused-ring (bicyclic) bond motifs is 3. The molecule has 82 heavy (non-hydrogen) atoms. The van der Waals surface area contributed by atoms with Crippen molar-refractivity contribution < 1.29 is 28.6 Å². The van der Waals surface area contributed by atoms with Crippen LogP contribution in [0.5, 0.6) is 0 Å². The highest BCUT2D eigenvalue weighted by Gasteiger charge is 2.34. The lowest BCUT2D eigenvalue weighted by Crippen LogP contribution is -2.49. The zero-order valence-corrected chi connectivity index (χ0v) is 54.7. The van der Waals surface area contributed by atoms with Gasteiger partial charge in [-0.25, -0.2) is 14.4 Å². The van der Waals surface area contributed by atoms with Crippen molar-refractivity contribution in [1.29, 1.82) is 0 Å². The summed E-state index contributed by atoms with van der Waals surface area (Å²) in [7, 11) is -1.57. The molecule has 3 amide bonds. The fraction of sp³-hybridized carbons (Fsp3) is 0.470. The fourth-order valence-electron chi connectivity index (χ4n) is 9.08. The average Bonchev–Trinajstić information content (AvgIpc) is 4.10. The van der Waals surface area contributed by atoms with Crippen molar-refractivity contribution >= 4 is 86.0 Å². The van der Waals surface area contributed by atoms with Crippen molar-refractivity contribution in [3.05, 3.63) is 131 Å². The standard InChI is InChI=1S/C22H36N2O2Si.C16H22N2O2.C11H14N2.C11H19NO2.C6H6BrN/c1-8-27(9-2,10-3)20-18(17-13-11-12-14-19(17)24-20)15-16(4)23-21(25)26-22(5,6)7;1-11(17-15(19)20-16(2,3)4)9-13-10-12-7-5-6-8-14(12)18-13;1-8(12)6-9-7-13-11-5-3-2-4-10(9)11;1-6-7-8-9(2)12-10(13)14-11(3,4)5;7-5-3-1-2-4-6(5)8/h11-14,16,24H,8-10,15H2,1-7H3,(H,23,25);5-8,10-11,18H,9H2,1-4H3,(H,17,19);2-5,7-8,13H,6,12H2,1H3;9H,8H2,1-5H3,(H,12,13);1-4H,8H2/t16-;11-;8-;9-;/m1111./s1. The first-order valence-corrected chi connectivity index (χ1v) is 32.2. The van der Waals surface area contributed by atoms with Gasteiger partial charge < -0.3 is 56.6 Å². The molecular weight excluding hydrogens is 1110 g/mol. The number of nitrogens with two attached hydrogens (primary N) is 2. The molecule has 3 aromatic heterocycles. The van der Waals surface area contributed by atoms with Gasteiger partial charge in [-0.2, -0.15) is 0 Å². The minimum atomic E-state index is -1.57. The topological polar surface area (TPSA) is 214 Å². The monoisotopic (exact) mass is 1200 g/mol. The molecule has 10 N–H and O–H groups in total. The Hall–Kier alpha value is -6.67. The molecule has 0 bridgehead atoms. The van der Waals surface area contributed by atoms with Crippen molar-refractivity contribution in [3.63, 3.8) is 0 Å². The lowest BCUT2D eigenvalue weighted by Gasteiger charge is -2.29. The van der Waals surface area contributed by atoms with Crippen LogP contribution in [0.2, 0.25) is 18.1 Å². The molecule has 0 saturated carbocycles. The maximum absolute atomic E-state index is 12.2. The van der Waals surface area contributed by atoms with E-state index in [0.717, 1.165) is 40.6 Å². The molecule has 0 radical (unpaired) electrons. The van der Waals surface area contributed by atoms with E-state index >= 15 is 0 Å². The van der Waals surface area contributed by atoms with Gasteiger partial charge >= 0.3 is 18.3 Å². The number of carbonyl (C=O) groups excluding carboxylic acids is 3. The Balaban J connectivity index is 0.000000283. The highest BCUT2D eigenvalue weighted by Crippen LogP contribution is 2.28. The first-order valence-electron chi connectivity index (χ1n) is 28.8. The van der Waals surface area contributed by atoms with Crippen molar-refractivity contribution in [2.45, 2.75) is 202 Å². The second-order valence-electron chi connectivity index (χ2n) is 24.0. The third-order valence-corrected chi connectivity index (χ3v) is 19.3. The molecule has 0 aliphatic rings. The molecule has 448 valence electrons. The molecule has 0 spiro atoms. The van der Waals surface area contributed by atoms with Gasteiger partial charge in [-0.3, -0.25) is 0 Å². The fourth-order valence-corrected chi connectivity index (χ4v) is 13.2.